The fraction of sp³-hybridized carbons (Fsp3) is 0.611. The third-order valence-corrected chi connectivity index (χ3v) is 6.34. The van der Waals surface area contributed by atoms with Crippen molar-refractivity contribution < 1.29 is 17.6 Å². The SMILES string of the molecule is CCCCC(C=O)(CCCC)CS(=O)(=O)c1ccc(F)cc1C. The van der Waals surface area contributed by atoms with E-state index in [1.807, 2.05) is 13.8 Å². The standard InChI is InChI=1S/C18H27FO3S/c1-4-6-10-18(13-20,11-7-5-2)14-23(21,22)17-9-8-16(19)12-15(17)3/h8-9,12-13H,4-7,10-11,14H2,1-3H3. The van der Waals surface area contributed by atoms with Gasteiger partial charge in [-0.05, 0) is 43.5 Å². The zero-order chi connectivity index (χ0) is 17.5. The lowest BCUT2D eigenvalue weighted by Gasteiger charge is -2.28. The Labute approximate surface area is 139 Å². The normalized spacial score (nSPS) is 12.3. The molecule has 0 heterocycles. The molecule has 0 bridgehead atoms. The number of aldehydes is 1. The highest BCUT2D eigenvalue weighted by Gasteiger charge is 2.35. The Morgan fingerprint density at radius 3 is 2.13 bits per heavy atom. The fourth-order valence-electron chi connectivity index (χ4n) is 2.90. The van der Waals surface area contributed by atoms with Gasteiger partial charge >= 0.3 is 0 Å². The lowest BCUT2D eigenvalue weighted by Crippen LogP contribution is -2.32. The molecule has 0 aliphatic rings. The molecule has 0 unspecified atom stereocenters. The summed E-state index contributed by atoms with van der Waals surface area (Å²) in [6.45, 7) is 5.62. The summed E-state index contributed by atoms with van der Waals surface area (Å²) < 4.78 is 38.8. The summed E-state index contributed by atoms with van der Waals surface area (Å²) in [7, 11) is -3.64. The van der Waals surface area contributed by atoms with Gasteiger partial charge in [-0.15, -0.1) is 0 Å². The van der Waals surface area contributed by atoms with E-state index in [0.717, 1.165) is 38.0 Å². The van der Waals surface area contributed by atoms with Crippen LogP contribution in [0.1, 0.15) is 57.9 Å². The first-order valence-corrected chi connectivity index (χ1v) is 9.90. The molecule has 3 nitrogen and oxygen atoms in total. The lowest BCUT2D eigenvalue weighted by atomic mass is 9.81. The second-order valence-corrected chi connectivity index (χ2v) is 8.31. The second kappa shape index (κ2) is 8.57. The molecule has 0 spiro atoms. The summed E-state index contributed by atoms with van der Waals surface area (Å²) in [4.78, 5) is 11.9. The minimum atomic E-state index is -3.64. The van der Waals surface area contributed by atoms with Gasteiger partial charge in [-0.25, -0.2) is 12.8 Å². The summed E-state index contributed by atoms with van der Waals surface area (Å²) >= 11 is 0. The maximum atomic E-state index is 13.2. The highest BCUT2D eigenvalue weighted by Crippen LogP contribution is 2.33. The summed E-state index contributed by atoms with van der Waals surface area (Å²) in [6.07, 6.45) is 5.45. The molecular formula is C18H27FO3S. The predicted octanol–water partition coefficient (Wildman–Crippen LogP) is 4.47. The fourth-order valence-corrected chi connectivity index (χ4v) is 4.99. The Hall–Kier alpha value is -1.23. The second-order valence-electron chi connectivity index (χ2n) is 6.36. The van der Waals surface area contributed by atoms with Crippen molar-refractivity contribution in [2.45, 2.75) is 64.2 Å². The Bertz CT molecular complexity index is 615. The first-order chi connectivity index (χ1) is 10.8. The Morgan fingerprint density at radius 2 is 1.70 bits per heavy atom. The smallest absolute Gasteiger partial charge is 0.179 e. The molecule has 1 rings (SSSR count). The van der Waals surface area contributed by atoms with Gasteiger partial charge in [0.25, 0.3) is 0 Å². The molecule has 0 N–H and O–H groups in total. The molecule has 0 radical (unpaired) electrons. The molecule has 5 heteroatoms. The van der Waals surface area contributed by atoms with Crippen molar-refractivity contribution in [1.29, 1.82) is 0 Å². The van der Waals surface area contributed by atoms with Gasteiger partial charge in [0.2, 0.25) is 0 Å². The van der Waals surface area contributed by atoms with Crippen LogP contribution in [0, 0.1) is 18.2 Å². The van der Waals surface area contributed by atoms with Crippen LogP contribution in [0.25, 0.3) is 0 Å². The van der Waals surface area contributed by atoms with Crippen LogP contribution in [0.2, 0.25) is 0 Å². The molecule has 1 aromatic rings. The van der Waals surface area contributed by atoms with Gasteiger partial charge in [0.05, 0.1) is 10.6 Å². The van der Waals surface area contributed by atoms with Crippen LogP contribution in [0.5, 0.6) is 0 Å². The van der Waals surface area contributed by atoms with E-state index in [-0.39, 0.29) is 10.6 Å². The first kappa shape index (κ1) is 19.8. The van der Waals surface area contributed by atoms with Crippen molar-refractivity contribution >= 4 is 16.1 Å². The van der Waals surface area contributed by atoms with Crippen LogP contribution in [0.3, 0.4) is 0 Å². The van der Waals surface area contributed by atoms with Gasteiger partial charge in [0, 0.05) is 5.41 Å². The number of carbonyl (C=O) groups excluding carboxylic acids is 1. The summed E-state index contributed by atoms with van der Waals surface area (Å²) in [5, 5.41) is 0. The van der Waals surface area contributed by atoms with Crippen molar-refractivity contribution in [3.63, 3.8) is 0 Å². The maximum Gasteiger partial charge on any atom is 0.179 e. The Balaban J connectivity index is 3.15. The van der Waals surface area contributed by atoms with Crippen LogP contribution in [-0.4, -0.2) is 20.5 Å². The summed E-state index contributed by atoms with van der Waals surface area (Å²) in [5.74, 6) is -0.657. The number of hydrogen-bond acceptors (Lipinski definition) is 3. The largest absolute Gasteiger partial charge is 0.303 e. The van der Waals surface area contributed by atoms with E-state index in [0.29, 0.717) is 18.4 Å². The van der Waals surface area contributed by atoms with Crippen LogP contribution in [0.4, 0.5) is 4.39 Å². The minimum absolute atomic E-state index is 0.123. The molecular weight excluding hydrogens is 315 g/mol. The third-order valence-electron chi connectivity index (χ3n) is 4.26. The van der Waals surface area contributed by atoms with Gasteiger partial charge < -0.3 is 4.79 Å². The molecule has 0 saturated heterocycles. The quantitative estimate of drug-likeness (QED) is 0.465. The van der Waals surface area contributed by atoms with Crippen molar-refractivity contribution in [1.82, 2.24) is 0 Å². The first-order valence-electron chi connectivity index (χ1n) is 8.25. The zero-order valence-electron chi connectivity index (χ0n) is 14.3. The highest BCUT2D eigenvalue weighted by atomic mass is 32.2. The molecule has 0 fully saturated rings. The Kier molecular flexibility index (Phi) is 7.39. The average Bonchev–Trinajstić information content (AvgIpc) is 2.49. The van der Waals surface area contributed by atoms with Crippen molar-refractivity contribution in [2.75, 3.05) is 5.75 Å². The maximum absolute atomic E-state index is 13.2. The van der Waals surface area contributed by atoms with Crippen molar-refractivity contribution in [3.05, 3.63) is 29.6 Å². The number of aryl methyl sites for hydroxylation is 1. The monoisotopic (exact) mass is 342 g/mol. The predicted molar refractivity (Wildman–Crippen MR) is 90.7 cm³/mol. The molecule has 0 aliphatic carbocycles. The van der Waals surface area contributed by atoms with E-state index in [1.54, 1.807) is 6.92 Å². The molecule has 0 aromatic heterocycles. The zero-order valence-corrected chi connectivity index (χ0v) is 15.1. The lowest BCUT2D eigenvalue weighted by molar-refractivity contribution is -0.116. The number of unbranched alkanes of at least 4 members (excludes halogenated alkanes) is 2. The van der Waals surface area contributed by atoms with Gasteiger partial charge in [-0.1, -0.05) is 39.5 Å². The van der Waals surface area contributed by atoms with Crippen LogP contribution in [-0.2, 0) is 14.6 Å². The number of carbonyl (C=O) groups is 1. The van der Waals surface area contributed by atoms with E-state index in [2.05, 4.69) is 0 Å². The number of halogens is 1. The van der Waals surface area contributed by atoms with E-state index in [9.17, 15) is 17.6 Å². The third kappa shape index (κ3) is 5.41. The minimum Gasteiger partial charge on any atom is -0.303 e. The molecule has 0 saturated carbocycles. The molecule has 1 aromatic carbocycles. The number of benzene rings is 1. The molecule has 0 atom stereocenters. The highest BCUT2D eigenvalue weighted by molar-refractivity contribution is 7.91. The Morgan fingerprint density at radius 1 is 1.13 bits per heavy atom. The molecule has 130 valence electrons. The topological polar surface area (TPSA) is 51.2 Å². The number of hydrogen-bond donors (Lipinski definition) is 0. The van der Waals surface area contributed by atoms with Gasteiger partial charge in [-0.3, -0.25) is 0 Å². The van der Waals surface area contributed by atoms with Crippen LogP contribution < -0.4 is 0 Å². The van der Waals surface area contributed by atoms with E-state index < -0.39 is 21.1 Å². The van der Waals surface area contributed by atoms with Crippen LogP contribution >= 0.6 is 0 Å². The van der Waals surface area contributed by atoms with Crippen LogP contribution in [0.15, 0.2) is 23.1 Å². The van der Waals surface area contributed by atoms with E-state index >= 15 is 0 Å². The molecule has 0 aliphatic heterocycles. The average molecular weight is 342 g/mol. The van der Waals surface area contributed by atoms with E-state index in [4.69, 9.17) is 0 Å². The van der Waals surface area contributed by atoms with Gasteiger partial charge in [-0.2, -0.15) is 0 Å². The van der Waals surface area contributed by atoms with Gasteiger partial charge in [0.15, 0.2) is 9.84 Å². The van der Waals surface area contributed by atoms with Crippen molar-refractivity contribution in [3.8, 4) is 0 Å². The number of sulfone groups is 1. The number of rotatable bonds is 10. The van der Waals surface area contributed by atoms with E-state index in [1.165, 1.54) is 12.1 Å². The summed E-state index contributed by atoms with van der Waals surface area (Å²) in [6, 6.07) is 3.67. The van der Waals surface area contributed by atoms with Crippen molar-refractivity contribution in [2.24, 2.45) is 5.41 Å². The molecule has 0 amide bonds. The summed E-state index contributed by atoms with van der Waals surface area (Å²) in [5.41, 5.74) is -0.457. The van der Waals surface area contributed by atoms with Gasteiger partial charge in [0.1, 0.15) is 12.1 Å². The molecule has 23 heavy (non-hydrogen) atoms.